The monoisotopic (exact) mass is 371 g/mol. The Labute approximate surface area is 166 Å². The van der Waals surface area contributed by atoms with Gasteiger partial charge in [-0.05, 0) is 42.5 Å². The molecule has 4 rings (SSSR count). The molecule has 0 spiro atoms. The van der Waals surface area contributed by atoms with Crippen LogP contribution in [0.4, 0.5) is 10.5 Å². The number of anilines is 1. The number of rotatable bonds is 6. The molecule has 3 aromatic carbocycles. The van der Waals surface area contributed by atoms with Gasteiger partial charge in [-0.2, -0.15) is 0 Å². The van der Waals surface area contributed by atoms with Crippen molar-refractivity contribution in [2.24, 2.45) is 0 Å². The first-order valence-electron chi connectivity index (χ1n) is 9.93. The van der Waals surface area contributed by atoms with Crippen LogP contribution in [0.1, 0.15) is 29.9 Å². The molecule has 3 nitrogen and oxygen atoms in total. The van der Waals surface area contributed by atoms with E-state index in [2.05, 4.69) is 48.5 Å². The van der Waals surface area contributed by atoms with E-state index in [4.69, 9.17) is 4.74 Å². The Bertz CT molecular complexity index is 880. The molecule has 1 fully saturated rings. The standard InChI is InChI=1S/C25H25NO2/c27-25-26(22-16-8-3-9-17-22)19-23(21-14-6-2-7-15-21)24(28-25)18-10-13-20-11-4-1-5-12-20/h1-9,11-12,14-17,23-24H,10,13,18-19H2/t23-,24+/m1/s1. The number of amides is 1. The Hall–Kier alpha value is -3.07. The fourth-order valence-corrected chi connectivity index (χ4v) is 3.92. The van der Waals surface area contributed by atoms with Gasteiger partial charge in [0, 0.05) is 18.2 Å². The molecule has 0 aromatic heterocycles. The van der Waals surface area contributed by atoms with E-state index in [0.717, 1.165) is 24.9 Å². The summed E-state index contributed by atoms with van der Waals surface area (Å²) in [5.74, 6) is 0.162. The number of carbonyl (C=O) groups excluding carboxylic acids is 1. The molecule has 0 bridgehead atoms. The lowest BCUT2D eigenvalue weighted by atomic mass is 9.88. The molecular weight excluding hydrogens is 346 g/mol. The van der Waals surface area contributed by atoms with E-state index in [0.29, 0.717) is 6.54 Å². The van der Waals surface area contributed by atoms with Crippen molar-refractivity contribution < 1.29 is 9.53 Å². The quantitative estimate of drug-likeness (QED) is 0.546. The molecule has 3 heteroatoms. The lowest BCUT2D eigenvalue weighted by Crippen LogP contribution is -2.47. The average molecular weight is 371 g/mol. The van der Waals surface area contributed by atoms with Crippen molar-refractivity contribution in [2.75, 3.05) is 11.4 Å². The molecule has 0 saturated carbocycles. The first-order chi connectivity index (χ1) is 13.8. The van der Waals surface area contributed by atoms with Gasteiger partial charge in [-0.25, -0.2) is 4.79 Å². The van der Waals surface area contributed by atoms with Gasteiger partial charge < -0.3 is 4.74 Å². The van der Waals surface area contributed by atoms with Gasteiger partial charge in [-0.1, -0.05) is 78.9 Å². The Balaban J connectivity index is 1.50. The molecule has 1 heterocycles. The first-order valence-corrected chi connectivity index (χ1v) is 9.93. The molecule has 142 valence electrons. The zero-order valence-electron chi connectivity index (χ0n) is 15.9. The molecule has 1 aliphatic rings. The second kappa shape index (κ2) is 8.75. The molecule has 1 saturated heterocycles. The van der Waals surface area contributed by atoms with E-state index in [1.807, 2.05) is 42.5 Å². The maximum Gasteiger partial charge on any atom is 0.414 e. The number of carbonyl (C=O) groups is 1. The number of hydrogen-bond acceptors (Lipinski definition) is 2. The summed E-state index contributed by atoms with van der Waals surface area (Å²) in [6, 6.07) is 30.7. The van der Waals surface area contributed by atoms with Gasteiger partial charge in [0.15, 0.2) is 0 Å². The van der Waals surface area contributed by atoms with Gasteiger partial charge in [0.2, 0.25) is 0 Å². The van der Waals surface area contributed by atoms with E-state index in [-0.39, 0.29) is 18.1 Å². The molecule has 1 aliphatic heterocycles. The molecular formula is C25H25NO2. The van der Waals surface area contributed by atoms with Crippen LogP contribution in [0.3, 0.4) is 0 Å². The van der Waals surface area contributed by atoms with Gasteiger partial charge in [-0.15, -0.1) is 0 Å². The predicted octanol–water partition coefficient (Wildman–Crippen LogP) is 5.82. The first kappa shape index (κ1) is 18.3. The summed E-state index contributed by atoms with van der Waals surface area (Å²) in [7, 11) is 0. The minimum Gasteiger partial charge on any atom is -0.445 e. The number of benzene rings is 3. The smallest absolute Gasteiger partial charge is 0.414 e. The van der Waals surface area contributed by atoms with E-state index in [1.165, 1.54) is 11.1 Å². The van der Waals surface area contributed by atoms with Crippen molar-refractivity contribution in [3.63, 3.8) is 0 Å². The Morgan fingerprint density at radius 2 is 1.43 bits per heavy atom. The van der Waals surface area contributed by atoms with Crippen LogP contribution < -0.4 is 4.90 Å². The molecule has 1 amide bonds. The largest absolute Gasteiger partial charge is 0.445 e. The van der Waals surface area contributed by atoms with Crippen molar-refractivity contribution in [3.8, 4) is 0 Å². The molecule has 3 aromatic rings. The minimum absolute atomic E-state index is 0.0985. The number of para-hydroxylation sites is 1. The fourth-order valence-electron chi connectivity index (χ4n) is 3.92. The van der Waals surface area contributed by atoms with E-state index in [1.54, 1.807) is 4.90 Å². The summed E-state index contributed by atoms with van der Waals surface area (Å²) in [6.07, 6.45) is 2.51. The third-order valence-corrected chi connectivity index (χ3v) is 5.39. The molecule has 0 unspecified atom stereocenters. The van der Waals surface area contributed by atoms with Crippen molar-refractivity contribution in [2.45, 2.75) is 31.3 Å². The highest BCUT2D eigenvalue weighted by Crippen LogP contribution is 2.33. The second-order valence-electron chi connectivity index (χ2n) is 7.26. The van der Waals surface area contributed by atoms with Gasteiger partial charge in [0.25, 0.3) is 0 Å². The lowest BCUT2D eigenvalue weighted by molar-refractivity contribution is 0.0641. The summed E-state index contributed by atoms with van der Waals surface area (Å²) in [5, 5.41) is 0. The maximum atomic E-state index is 12.7. The highest BCUT2D eigenvalue weighted by molar-refractivity contribution is 5.88. The second-order valence-corrected chi connectivity index (χ2v) is 7.26. The average Bonchev–Trinajstić information content (AvgIpc) is 2.76. The third kappa shape index (κ3) is 4.25. The number of nitrogens with zero attached hydrogens (tertiary/aromatic N) is 1. The van der Waals surface area contributed by atoms with Crippen molar-refractivity contribution in [1.82, 2.24) is 0 Å². The Morgan fingerprint density at radius 3 is 2.11 bits per heavy atom. The normalized spacial score (nSPS) is 19.3. The molecule has 0 aliphatic carbocycles. The summed E-state index contributed by atoms with van der Waals surface area (Å²) in [4.78, 5) is 14.5. The van der Waals surface area contributed by atoms with Gasteiger partial charge >= 0.3 is 6.09 Å². The van der Waals surface area contributed by atoms with Crippen molar-refractivity contribution >= 4 is 11.8 Å². The van der Waals surface area contributed by atoms with Crippen LogP contribution in [0, 0.1) is 0 Å². The number of cyclic esters (lactones) is 1. The summed E-state index contributed by atoms with van der Waals surface area (Å²) in [6.45, 7) is 0.642. The van der Waals surface area contributed by atoms with Crippen LogP contribution in [0.2, 0.25) is 0 Å². The molecule has 28 heavy (non-hydrogen) atoms. The van der Waals surface area contributed by atoms with Gasteiger partial charge in [-0.3, -0.25) is 4.90 Å². The van der Waals surface area contributed by atoms with Gasteiger partial charge in [0.05, 0.1) is 0 Å². The van der Waals surface area contributed by atoms with Crippen molar-refractivity contribution in [3.05, 3.63) is 102 Å². The van der Waals surface area contributed by atoms with Crippen LogP contribution >= 0.6 is 0 Å². The number of ether oxygens (including phenoxy) is 1. The van der Waals surface area contributed by atoms with Crippen molar-refractivity contribution in [1.29, 1.82) is 0 Å². The zero-order chi connectivity index (χ0) is 19.2. The summed E-state index contributed by atoms with van der Waals surface area (Å²) >= 11 is 0. The highest BCUT2D eigenvalue weighted by Gasteiger charge is 2.36. The highest BCUT2D eigenvalue weighted by atomic mass is 16.6. The fraction of sp³-hybridized carbons (Fsp3) is 0.240. The zero-order valence-corrected chi connectivity index (χ0v) is 15.9. The summed E-state index contributed by atoms with van der Waals surface area (Å²) in [5.41, 5.74) is 3.43. The molecule has 0 radical (unpaired) electrons. The Morgan fingerprint density at radius 1 is 0.821 bits per heavy atom. The lowest BCUT2D eigenvalue weighted by Gasteiger charge is -2.38. The van der Waals surface area contributed by atoms with Crippen LogP contribution in [0.5, 0.6) is 0 Å². The SMILES string of the molecule is O=C1O[C@@H](CCCc2ccccc2)[C@@H](c2ccccc2)CN1c1ccccc1. The molecule has 2 atom stereocenters. The van der Waals surface area contributed by atoms with E-state index >= 15 is 0 Å². The van der Waals surface area contributed by atoms with Crippen LogP contribution in [0.15, 0.2) is 91.0 Å². The Kier molecular flexibility index (Phi) is 5.72. The van der Waals surface area contributed by atoms with Crippen LogP contribution in [-0.2, 0) is 11.2 Å². The van der Waals surface area contributed by atoms with Crippen LogP contribution in [-0.4, -0.2) is 18.7 Å². The summed E-state index contributed by atoms with van der Waals surface area (Å²) < 4.78 is 5.95. The van der Waals surface area contributed by atoms with Crippen LogP contribution in [0.25, 0.3) is 0 Å². The maximum absolute atomic E-state index is 12.7. The number of aryl methyl sites for hydroxylation is 1. The molecule has 0 N–H and O–H groups in total. The third-order valence-electron chi connectivity index (χ3n) is 5.39. The predicted molar refractivity (Wildman–Crippen MR) is 113 cm³/mol. The topological polar surface area (TPSA) is 29.5 Å². The number of hydrogen-bond donors (Lipinski definition) is 0. The minimum atomic E-state index is -0.247. The van der Waals surface area contributed by atoms with E-state index < -0.39 is 0 Å². The van der Waals surface area contributed by atoms with Gasteiger partial charge in [0.1, 0.15) is 6.10 Å². The van der Waals surface area contributed by atoms with E-state index in [9.17, 15) is 4.79 Å².